The molecule has 9 nitrogen and oxygen atoms in total. The second-order valence-corrected chi connectivity index (χ2v) is 11.6. The second kappa shape index (κ2) is 16.6. The molecule has 1 heterocycles. The molecule has 210 valence electrons. The lowest BCUT2D eigenvalue weighted by Gasteiger charge is -2.10. The number of carbonyl (C=O) groups is 1. The molecule has 0 bridgehead atoms. The van der Waals surface area contributed by atoms with Gasteiger partial charge in [0.2, 0.25) is 5.91 Å². The van der Waals surface area contributed by atoms with Crippen molar-refractivity contribution in [2.24, 2.45) is 0 Å². The predicted octanol–water partition coefficient (Wildman–Crippen LogP) is 4.96. The number of nitrogens with one attached hydrogen (secondary N) is 3. The maximum Gasteiger partial charge on any atom is 0.261 e. The van der Waals surface area contributed by atoms with Gasteiger partial charge in [-0.15, -0.1) is 11.3 Å². The number of amides is 1. The zero-order valence-corrected chi connectivity index (χ0v) is 24.7. The van der Waals surface area contributed by atoms with Crippen LogP contribution in [0.25, 0.3) is 11.3 Å². The highest BCUT2D eigenvalue weighted by Gasteiger charge is 2.16. The fraction of sp³-hybridized carbons (Fsp3) is 0.393. The van der Waals surface area contributed by atoms with Gasteiger partial charge in [-0.05, 0) is 56.8 Å². The van der Waals surface area contributed by atoms with Crippen LogP contribution in [-0.2, 0) is 21.2 Å². The first-order valence-corrected chi connectivity index (χ1v) is 15.2. The normalized spacial score (nSPS) is 10.9. The Hall–Kier alpha value is -3.30. The summed E-state index contributed by atoms with van der Waals surface area (Å²) in [5.74, 6) is -0.174. The minimum absolute atomic E-state index is 0.149. The van der Waals surface area contributed by atoms with Crippen molar-refractivity contribution >= 4 is 38.1 Å². The number of anilines is 2. The van der Waals surface area contributed by atoms with Crippen LogP contribution in [-0.4, -0.2) is 57.9 Å². The summed E-state index contributed by atoms with van der Waals surface area (Å²) in [5, 5.41) is 15.4. The van der Waals surface area contributed by atoms with E-state index in [-0.39, 0.29) is 17.3 Å². The van der Waals surface area contributed by atoms with Crippen LogP contribution < -0.4 is 15.4 Å². The van der Waals surface area contributed by atoms with E-state index < -0.39 is 10.0 Å². The third kappa shape index (κ3) is 11.5. The highest BCUT2D eigenvalue weighted by molar-refractivity contribution is 7.92. The van der Waals surface area contributed by atoms with E-state index in [0.717, 1.165) is 19.4 Å². The lowest BCUT2D eigenvalue weighted by molar-refractivity contribution is -0.115. The number of sulfonamides is 1. The molecule has 11 heteroatoms. The highest BCUT2D eigenvalue weighted by Crippen LogP contribution is 2.27. The molecular formula is C28H38N6O3S2. The summed E-state index contributed by atoms with van der Waals surface area (Å²) in [7, 11) is 0.183. The van der Waals surface area contributed by atoms with Gasteiger partial charge in [0.1, 0.15) is 0 Å². The van der Waals surface area contributed by atoms with Gasteiger partial charge >= 0.3 is 0 Å². The van der Waals surface area contributed by atoms with Crippen LogP contribution >= 0.6 is 11.3 Å². The van der Waals surface area contributed by atoms with E-state index in [0.29, 0.717) is 28.6 Å². The van der Waals surface area contributed by atoms with Crippen LogP contribution in [0.2, 0.25) is 0 Å². The maximum absolute atomic E-state index is 13.0. The molecule has 3 N–H and O–H groups in total. The summed E-state index contributed by atoms with van der Waals surface area (Å²) in [6.45, 7) is 5.35. The third-order valence-electron chi connectivity index (χ3n) is 5.49. The molecule has 0 aliphatic rings. The van der Waals surface area contributed by atoms with Crippen molar-refractivity contribution in [2.45, 2.75) is 44.4 Å². The molecule has 0 saturated heterocycles. The summed E-state index contributed by atoms with van der Waals surface area (Å²) in [6.07, 6.45) is 4.48. The van der Waals surface area contributed by atoms with Gasteiger partial charge in [0.05, 0.1) is 23.2 Å². The minimum Gasteiger partial charge on any atom is -0.308 e. The van der Waals surface area contributed by atoms with Crippen molar-refractivity contribution in [1.29, 1.82) is 5.26 Å². The summed E-state index contributed by atoms with van der Waals surface area (Å²) in [6, 6.07) is 15.9. The van der Waals surface area contributed by atoms with Gasteiger partial charge < -0.3 is 15.5 Å². The van der Waals surface area contributed by atoms with E-state index >= 15 is 0 Å². The first kappa shape index (κ1) is 31.9. The molecule has 1 amide bonds. The molecule has 3 rings (SSSR count). The lowest BCUT2D eigenvalue weighted by atomic mass is 10.1. The van der Waals surface area contributed by atoms with Gasteiger partial charge in [0, 0.05) is 36.6 Å². The van der Waals surface area contributed by atoms with E-state index in [1.54, 1.807) is 47.8 Å². The van der Waals surface area contributed by atoms with Gasteiger partial charge in [-0.1, -0.05) is 44.0 Å². The Morgan fingerprint density at radius 1 is 1.13 bits per heavy atom. The molecular weight excluding hydrogens is 532 g/mol. The van der Waals surface area contributed by atoms with E-state index in [1.165, 1.54) is 36.7 Å². The number of hydrogen-bond donors (Lipinski definition) is 3. The Kier molecular flexibility index (Phi) is 13.6. The first-order chi connectivity index (χ1) is 18.7. The topological polar surface area (TPSA) is 127 Å². The summed E-state index contributed by atoms with van der Waals surface area (Å²) in [4.78, 5) is 18.8. The standard InChI is InChI=1S/C26H35N5O3S2.C2H3N/c1-4-5-6-8-20-11-13-22(14-12-20)30-36(33,34)23-10-7-9-21(17-23)24-19-35-26(28-24)29-25(32)18-27-15-16-31(2)3;1-2-3/h7,9-14,17,19,27,30H,4-6,8,15-16,18H2,1-3H3,(H,28,29,32);1H3. The van der Waals surface area contributed by atoms with Crippen LogP contribution in [0.4, 0.5) is 10.8 Å². The Morgan fingerprint density at radius 2 is 1.85 bits per heavy atom. The molecule has 0 aliphatic carbocycles. The number of hydrogen-bond acceptors (Lipinski definition) is 8. The van der Waals surface area contributed by atoms with Crippen molar-refractivity contribution < 1.29 is 13.2 Å². The van der Waals surface area contributed by atoms with E-state index in [9.17, 15) is 13.2 Å². The van der Waals surface area contributed by atoms with Crippen molar-refractivity contribution in [3.8, 4) is 17.3 Å². The SMILES string of the molecule is CC#N.CCCCCc1ccc(NS(=O)(=O)c2cccc(-c3csc(NC(=O)CNCCN(C)C)n3)c2)cc1. The number of rotatable bonds is 14. The second-order valence-electron chi connectivity index (χ2n) is 9.08. The van der Waals surface area contributed by atoms with E-state index in [2.05, 4.69) is 27.3 Å². The Balaban J connectivity index is 0.00000170. The number of nitrogens with zero attached hydrogens (tertiary/aromatic N) is 3. The highest BCUT2D eigenvalue weighted by atomic mass is 32.2. The number of carbonyl (C=O) groups excluding carboxylic acids is 1. The number of benzene rings is 2. The largest absolute Gasteiger partial charge is 0.308 e. The summed E-state index contributed by atoms with van der Waals surface area (Å²) >= 11 is 1.30. The van der Waals surface area contributed by atoms with Crippen molar-refractivity contribution in [3.63, 3.8) is 0 Å². The Morgan fingerprint density at radius 3 is 2.51 bits per heavy atom. The molecule has 39 heavy (non-hydrogen) atoms. The van der Waals surface area contributed by atoms with Crippen LogP contribution in [0.3, 0.4) is 0 Å². The lowest BCUT2D eigenvalue weighted by Crippen LogP contribution is -2.33. The fourth-order valence-electron chi connectivity index (χ4n) is 3.49. The van der Waals surface area contributed by atoms with Crippen LogP contribution in [0.15, 0.2) is 58.8 Å². The molecule has 1 aromatic heterocycles. The van der Waals surface area contributed by atoms with Gasteiger partial charge in [-0.2, -0.15) is 5.26 Å². The molecule has 0 unspecified atom stereocenters. The van der Waals surface area contributed by atoms with Crippen LogP contribution in [0, 0.1) is 11.3 Å². The number of aromatic nitrogens is 1. The van der Waals surface area contributed by atoms with E-state index in [4.69, 9.17) is 5.26 Å². The van der Waals surface area contributed by atoms with E-state index in [1.807, 2.05) is 31.1 Å². The van der Waals surface area contributed by atoms with Crippen molar-refractivity contribution in [2.75, 3.05) is 43.8 Å². The average Bonchev–Trinajstić information content (AvgIpc) is 3.36. The zero-order chi connectivity index (χ0) is 28.7. The number of thiazole rings is 1. The molecule has 0 aliphatic heterocycles. The summed E-state index contributed by atoms with van der Waals surface area (Å²) in [5.41, 5.74) is 2.98. The predicted molar refractivity (Wildman–Crippen MR) is 159 cm³/mol. The first-order valence-electron chi connectivity index (χ1n) is 12.8. The molecule has 0 spiro atoms. The van der Waals surface area contributed by atoms with Gasteiger partial charge in [0.25, 0.3) is 10.0 Å². The van der Waals surface area contributed by atoms with Gasteiger partial charge in [-0.3, -0.25) is 9.52 Å². The number of nitriles is 1. The Labute approximate surface area is 236 Å². The minimum atomic E-state index is -3.76. The molecule has 0 radical (unpaired) electrons. The van der Waals surface area contributed by atoms with Crippen LogP contribution in [0.5, 0.6) is 0 Å². The molecule has 0 fully saturated rings. The third-order valence-corrected chi connectivity index (χ3v) is 7.62. The number of aryl methyl sites for hydroxylation is 1. The quantitative estimate of drug-likeness (QED) is 0.234. The molecule has 2 aromatic carbocycles. The number of likely N-dealkylation sites (N-methyl/N-ethyl adjacent to an activating group) is 1. The zero-order valence-electron chi connectivity index (χ0n) is 23.0. The maximum atomic E-state index is 13.0. The van der Waals surface area contributed by atoms with Crippen molar-refractivity contribution in [3.05, 3.63) is 59.5 Å². The monoisotopic (exact) mass is 570 g/mol. The average molecular weight is 571 g/mol. The molecule has 3 aromatic rings. The van der Waals surface area contributed by atoms with Crippen molar-refractivity contribution in [1.82, 2.24) is 15.2 Å². The Bertz CT molecular complexity index is 1320. The summed E-state index contributed by atoms with van der Waals surface area (Å²) < 4.78 is 28.7. The smallest absolute Gasteiger partial charge is 0.261 e. The van der Waals surface area contributed by atoms with Gasteiger partial charge in [-0.25, -0.2) is 13.4 Å². The van der Waals surface area contributed by atoms with Gasteiger partial charge in [0.15, 0.2) is 5.13 Å². The van der Waals surface area contributed by atoms with Crippen LogP contribution in [0.1, 0.15) is 38.7 Å². The fourth-order valence-corrected chi connectivity index (χ4v) is 5.33. The molecule has 0 atom stereocenters. The number of unbranched alkanes of at least 4 members (excludes halogenated alkanes) is 2. The molecule has 0 saturated carbocycles.